The highest BCUT2D eigenvalue weighted by Crippen LogP contribution is 2.31. The normalized spacial score (nSPS) is 28.7. The van der Waals surface area contributed by atoms with E-state index in [0.29, 0.717) is 24.5 Å². The molecule has 3 rings (SSSR count). The van der Waals surface area contributed by atoms with Crippen molar-refractivity contribution < 1.29 is 4.52 Å². The fourth-order valence-electron chi connectivity index (χ4n) is 3.39. The molecule has 0 spiro atoms. The van der Waals surface area contributed by atoms with E-state index < -0.39 is 0 Å². The molecule has 2 N–H and O–H groups in total. The van der Waals surface area contributed by atoms with E-state index in [0.717, 1.165) is 18.9 Å². The zero-order chi connectivity index (χ0) is 13.2. The molecule has 2 aliphatic rings. The molecule has 1 aromatic rings. The molecule has 2 saturated heterocycles. The van der Waals surface area contributed by atoms with Gasteiger partial charge in [0.2, 0.25) is 5.89 Å². The van der Waals surface area contributed by atoms with Crippen LogP contribution >= 0.6 is 0 Å². The molecule has 2 aliphatic heterocycles. The number of likely N-dealkylation sites (N-methyl/N-ethyl adjacent to an activating group) is 1. The van der Waals surface area contributed by atoms with Crippen molar-refractivity contribution in [2.45, 2.75) is 51.4 Å². The van der Waals surface area contributed by atoms with Gasteiger partial charge in [-0.2, -0.15) is 4.98 Å². The van der Waals surface area contributed by atoms with Crippen LogP contribution < -0.4 is 5.73 Å². The van der Waals surface area contributed by atoms with E-state index in [4.69, 9.17) is 10.3 Å². The first-order chi connectivity index (χ1) is 9.30. The molecule has 1 aromatic heterocycles. The van der Waals surface area contributed by atoms with Crippen LogP contribution in [0.15, 0.2) is 4.52 Å². The summed E-state index contributed by atoms with van der Waals surface area (Å²) in [5.74, 6) is 1.31. The van der Waals surface area contributed by atoms with Gasteiger partial charge in [0.1, 0.15) is 0 Å². The van der Waals surface area contributed by atoms with Gasteiger partial charge in [0.15, 0.2) is 5.82 Å². The second-order valence-corrected chi connectivity index (χ2v) is 5.55. The molecular weight excluding hydrogens is 242 g/mol. The molecule has 19 heavy (non-hydrogen) atoms. The van der Waals surface area contributed by atoms with Crippen molar-refractivity contribution in [3.63, 3.8) is 0 Å². The molecule has 0 radical (unpaired) electrons. The van der Waals surface area contributed by atoms with Crippen molar-refractivity contribution in [3.05, 3.63) is 11.7 Å². The minimum Gasteiger partial charge on any atom is -0.338 e. The molecule has 3 heterocycles. The number of hydrogen-bond acceptors (Lipinski definition) is 6. The largest absolute Gasteiger partial charge is 0.338 e. The number of likely N-dealkylation sites (tertiary alicyclic amines) is 1. The van der Waals surface area contributed by atoms with Crippen LogP contribution in [0.1, 0.15) is 37.9 Å². The number of fused-ring (bicyclic) bond motifs is 2. The lowest BCUT2D eigenvalue weighted by Crippen LogP contribution is -2.38. The molecule has 0 saturated carbocycles. The first-order valence-corrected chi connectivity index (χ1v) is 7.29. The lowest BCUT2D eigenvalue weighted by Gasteiger charge is -2.27. The Labute approximate surface area is 113 Å². The summed E-state index contributed by atoms with van der Waals surface area (Å²) in [5.41, 5.74) is 5.51. The van der Waals surface area contributed by atoms with Crippen LogP contribution in [0.4, 0.5) is 0 Å². The fourth-order valence-corrected chi connectivity index (χ4v) is 3.39. The second-order valence-electron chi connectivity index (χ2n) is 5.55. The number of hydrogen-bond donors (Lipinski definition) is 1. The predicted molar refractivity (Wildman–Crippen MR) is 71.3 cm³/mol. The zero-order valence-electron chi connectivity index (χ0n) is 11.6. The Morgan fingerprint density at radius 3 is 2.89 bits per heavy atom. The lowest BCUT2D eigenvalue weighted by atomic mass is 10.1. The first kappa shape index (κ1) is 13.0. The van der Waals surface area contributed by atoms with Crippen molar-refractivity contribution in [2.75, 3.05) is 19.6 Å². The van der Waals surface area contributed by atoms with Crippen molar-refractivity contribution in [1.82, 2.24) is 19.9 Å². The van der Waals surface area contributed by atoms with E-state index in [1.807, 2.05) is 0 Å². The predicted octanol–water partition coefficient (Wildman–Crippen LogP) is 0.587. The van der Waals surface area contributed by atoms with Gasteiger partial charge in [0.25, 0.3) is 0 Å². The quantitative estimate of drug-likeness (QED) is 0.859. The Bertz CT molecular complexity index is 421. The number of rotatable bonds is 4. The number of aromatic nitrogens is 2. The highest BCUT2D eigenvalue weighted by molar-refractivity contribution is 4.96. The van der Waals surface area contributed by atoms with Crippen molar-refractivity contribution >= 4 is 0 Å². The minimum atomic E-state index is 0.323. The first-order valence-electron chi connectivity index (χ1n) is 7.29. The topological polar surface area (TPSA) is 71.4 Å². The van der Waals surface area contributed by atoms with Crippen LogP contribution in [0.3, 0.4) is 0 Å². The average Bonchev–Trinajstić information content (AvgIpc) is 2.96. The summed E-state index contributed by atoms with van der Waals surface area (Å²) in [5, 5.41) is 4.03. The highest BCUT2D eigenvalue weighted by Gasteiger charge is 2.37. The van der Waals surface area contributed by atoms with Crippen LogP contribution in [0.5, 0.6) is 0 Å². The maximum absolute atomic E-state index is 5.51. The van der Waals surface area contributed by atoms with E-state index in [1.165, 1.54) is 32.4 Å². The molecule has 2 bridgehead atoms. The van der Waals surface area contributed by atoms with Crippen LogP contribution in [0.2, 0.25) is 0 Å². The number of nitrogens with two attached hydrogens (primary N) is 1. The van der Waals surface area contributed by atoms with Gasteiger partial charge in [-0.1, -0.05) is 12.1 Å². The summed E-state index contributed by atoms with van der Waals surface area (Å²) in [6.45, 7) is 6.91. The second kappa shape index (κ2) is 5.56. The summed E-state index contributed by atoms with van der Waals surface area (Å²) >= 11 is 0. The molecule has 2 unspecified atom stereocenters. The van der Waals surface area contributed by atoms with Gasteiger partial charge in [-0.15, -0.1) is 0 Å². The molecule has 0 amide bonds. The third-order valence-electron chi connectivity index (χ3n) is 4.47. The van der Waals surface area contributed by atoms with Crippen LogP contribution in [0, 0.1) is 0 Å². The minimum absolute atomic E-state index is 0.323. The molecule has 6 heteroatoms. The van der Waals surface area contributed by atoms with Gasteiger partial charge >= 0.3 is 0 Å². The Morgan fingerprint density at radius 1 is 1.32 bits per heavy atom. The van der Waals surface area contributed by atoms with E-state index in [9.17, 15) is 0 Å². The molecule has 2 fully saturated rings. The van der Waals surface area contributed by atoms with E-state index in [-0.39, 0.29) is 0 Å². The van der Waals surface area contributed by atoms with E-state index in [2.05, 4.69) is 26.9 Å². The SMILES string of the molecule is CCN1CCC2CCC(C1)N2Cc1noc(CN)n1. The molecule has 0 aromatic carbocycles. The lowest BCUT2D eigenvalue weighted by molar-refractivity contribution is 0.173. The van der Waals surface area contributed by atoms with Gasteiger partial charge in [0, 0.05) is 18.6 Å². The average molecular weight is 265 g/mol. The molecule has 6 nitrogen and oxygen atoms in total. The van der Waals surface area contributed by atoms with Gasteiger partial charge in [-0.3, -0.25) is 4.90 Å². The maximum atomic E-state index is 5.51. The van der Waals surface area contributed by atoms with E-state index >= 15 is 0 Å². The third-order valence-corrected chi connectivity index (χ3v) is 4.47. The van der Waals surface area contributed by atoms with E-state index in [1.54, 1.807) is 0 Å². The smallest absolute Gasteiger partial charge is 0.240 e. The molecule has 2 atom stereocenters. The monoisotopic (exact) mass is 265 g/mol. The van der Waals surface area contributed by atoms with Gasteiger partial charge in [-0.05, 0) is 32.4 Å². The van der Waals surface area contributed by atoms with Crippen LogP contribution in [-0.2, 0) is 13.1 Å². The Hall–Kier alpha value is -0.980. The van der Waals surface area contributed by atoms with Crippen LogP contribution in [-0.4, -0.2) is 51.7 Å². The summed E-state index contributed by atoms with van der Waals surface area (Å²) in [6, 6.07) is 1.33. The summed E-state index contributed by atoms with van der Waals surface area (Å²) < 4.78 is 5.10. The molecule has 106 valence electrons. The van der Waals surface area contributed by atoms with Crippen molar-refractivity contribution in [1.29, 1.82) is 0 Å². The summed E-state index contributed by atoms with van der Waals surface area (Å²) in [4.78, 5) is 9.46. The van der Waals surface area contributed by atoms with Crippen molar-refractivity contribution in [3.8, 4) is 0 Å². The van der Waals surface area contributed by atoms with Gasteiger partial charge in [0.05, 0.1) is 13.1 Å². The Morgan fingerprint density at radius 2 is 2.16 bits per heavy atom. The maximum Gasteiger partial charge on any atom is 0.240 e. The van der Waals surface area contributed by atoms with Crippen LogP contribution in [0.25, 0.3) is 0 Å². The summed E-state index contributed by atoms with van der Waals surface area (Å²) in [7, 11) is 0. The number of nitrogens with zero attached hydrogens (tertiary/aromatic N) is 4. The summed E-state index contributed by atoms with van der Waals surface area (Å²) in [6.07, 6.45) is 3.86. The molecular formula is C13H23N5O. The van der Waals surface area contributed by atoms with Gasteiger partial charge in [-0.25, -0.2) is 0 Å². The van der Waals surface area contributed by atoms with Crippen molar-refractivity contribution in [2.24, 2.45) is 5.73 Å². The third kappa shape index (κ3) is 2.66. The Balaban J connectivity index is 1.69. The zero-order valence-corrected chi connectivity index (χ0v) is 11.6. The Kier molecular flexibility index (Phi) is 3.81. The van der Waals surface area contributed by atoms with Gasteiger partial charge < -0.3 is 15.2 Å². The fraction of sp³-hybridized carbons (Fsp3) is 0.846. The standard InChI is InChI=1S/C13H23N5O/c1-2-17-6-5-10-3-4-11(8-17)18(10)9-12-15-13(7-14)19-16-12/h10-11H,2-9,14H2,1H3. The highest BCUT2D eigenvalue weighted by atomic mass is 16.5. The molecule has 0 aliphatic carbocycles.